The van der Waals surface area contributed by atoms with E-state index in [1.54, 1.807) is 12.3 Å². The predicted molar refractivity (Wildman–Crippen MR) is 70.6 cm³/mol. The number of nitrogens with zero attached hydrogens (tertiary/aromatic N) is 1. The number of carboxylic acids is 1. The summed E-state index contributed by atoms with van der Waals surface area (Å²) in [6.45, 7) is 2.13. The number of carbonyl (C=O) groups is 1. The Hall–Kier alpha value is -2.16. The molecule has 0 aliphatic carbocycles. The van der Waals surface area contributed by atoms with Crippen molar-refractivity contribution in [2.24, 2.45) is 0 Å². The molecule has 0 radical (unpaired) electrons. The lowest BCUT2D eigenvalue weighted by atomic mass is 9.97. The number of hydrogen-bond donors (Lipinski definition) is 1. The zero-order valence-electron chi connectivity index (χ0n) is 10.3. The first-order chi connectivity index (χ1) is 8.72. The molecule has 0 fully saturated rings. The van der Waals surface area contributed by atoms with Gasteiger partial charge in [-0.2, -0.15) is 0 Å². The van der Waals surface area contributed by atoms with Crippen LogP contribution in [0.2, 0.25) is 0 Å². The first-order valence-electron chi connectivity index (χ1n) is 5.99. The van der Waals surface area contributed by atoms with E-state index < -0.39 is 5.97 Å². The van der Waals surface area contributed by atoms with E-state index in [0.717, 1.165) is 24.0 Å². The number of hydrogen-bond acceptors (Lipinski definition) is 2. The van der Waals surface area contributed by atoms with Crippen molar-refractivity contribution in [2.45, 2.75) is 19.8 Å². The van der Waals surface area contributed by atoms with Gasteiger partial charge in [0.1, 0.15) is 0 Å². The fraction of sp³-hybridized carbons (Fsp3) is 0.200. The molecule has 0 spiro atoms. The van der Waals surface area contributed by atoms with E-state index in [1.165, 1.54) is 11.8 Å². The van der Waals surface area contributed by atoms with Gasteiger partial charge in [-0.1, -0.05) is 37.6 Å². The topological polar surface area (TPSA) is 50.2 Å². The lowest BCUT2D eigenvalue weighted by molar-refractivity contribution is 0.0696. The van der Waals surface area contributed by atoms with Gasteiger partial charge in [0.05, 0.1) is 5.56 Å². The standard InChI is InChI=1S/C15H15NO2/c1-2-5-11-6-3-4-7-14(11)12-8-13(15(17)18)10-16-9-12/h3-4,6-10H,2,5H2,1H3,(H,17,18). The summed E-state index contributed by atoms with van der Waals surface area (Å²) in [5.74, 6) is -0.947. The van der Waals surface area contributed by atoms with E-state index in [9.17, 15) is 4.79 Å². The van der Waals surface area contributed by atoms with Crippen LogP contribution >= 0.6 is 0 Å². The summed E-state index contributed by atoms with van der Waals surface area (Å²) in [5.41, 5.74) is 3.37. The van der Waals surface area contributed by atoms with Crippen molar-refractivity contribution in [1.29, 1.82) is 0 Å². The maximum atomic E-state index is 11.0. The van der Waals surface area contributed by atoms with Crippen LogP contribution in [0, 0.1) is 0 Å². The highest BCUT2D eigenvalue weighted by atomic mass is 16.4. The molecule has 18 heavy (non-hydrogen) atoms. The van der Waals surface area contributed by atoms with Gasteiger partial charge in [-0.15, -0.1) is 0 Å². The van der Waals surface area contributed by atoms with Crippen molar-refractivity contribution in [1.82, 2.24) is 4.98 Å². The second-order valence-electron chi connectivity index (χ2n) is 4.17. The molecule has 1 aromatic carbocycles. The Kier molecular flexibility index (Phi) is 3.72. The number of aryl methyl sites for hydroxylation is 1. The van der Waals surface area contributed by atoms with Crippen molar-refractivity contribution in [2.75, 3.05) is 0 Å². The quantitative estimate of drug-likeness (QED) is 0.892. The monoisotopic (exact) mass is 241 g/mol. The molecule has 1 N–H and O–H groups in total. The van der Waals surface area contributed by atoms with Gasteiger partial charge < -0.3 is 5.11 Å². The summed E-state index contributed by atoms with van der Waals surface area (Å²) < 4.78 is 0. The SMILES string of the molecule is CCCc1ccccc1-c1cncc(C(=O)O)c1. The molecule has 92 valence electrons. The molecule has 0 bridgehead atoms. The van der Waals surface area contributed by atoms with Crippen LogP contribution in [-0.2, 0) is 6.42 Å². The predicted octanol–water partition coefficient (Wildman–Crippen LogP) is 3.40. The Morgan fingerprint density at radius 2 is 2.06 bits per heavy atom. The van der Waals surface area contributed by atoms with Gasteiger partial charge in [0.15, 0.2) is 0 Å². The molecule has 0 aliphatic heterocycles. The molecule has 1 heterocycles. The maximum absolute atomic E-state index is 11.0. The second-order valence-corrected chi connectivity index (χ2v) is 4.17. The first kappa shape index (κ1) is 12.3. The third kappa shape index (κ3) is 2.56. The molecular formula is C15H15NO2. The van der Waals surface area contributed by atoms with Crippen LogP contribution < -0.4 is 0 Å². The van der Waals surface area contributed by atoms with Gasteiger partial charge in [-0.05, 0) is 23.6 Å². The molecule has 0 amide bonds. The van der Waals surface area contributed by atoms with Crippen LogP contribution in [-0.4, -0.2) is 16.1 Å². The van der Waals surface area contributed by atoms with E-state index >= 15 is 0 Å². The van der Waals surface area contributed by atoms with Gasteiger partial charge in [-0.3, -0.25) is 4.98 Å². The van der Waals surface area contributed by atoms with Crippen molar-refractivity contribution in [3.05, 3.63) is 53.9 Å². The lowest BCUT2D eigenvalue weighted by Crippen LogP contribution is -1.98. The molecule has 0 unspecified atom stereocenters. The summed E-state index contributed by atoms with van der Waals surface area (Å²) in [7, 11) is 0. The van der Waals surface area contributed by atoms with Gasteiger partial charge in [-0.25, -0.2) is 4.79 Å². The van der Waals surface area contributed by atoms with E-state index in [0.29, 0.717) is 0 Å². The van der Waals surface area contributed by atoms with E-state index in [1.807, 2.05) is 18.2 Å². The molecule has 0 atom stereocenters. The molecule has 0 aliphatic rings. The van der Waals surface area contributed by atoms with Crippen molar-refractivity contribution in [3.8, 4) is 11.1 Å². The Bertz CT molecular complexity index is 564. The van der Waals surface area contributed by atoms with Crippen molar-refractivity contribution in [3.63, 3.8) is 0 Å². The van der Waals surface area contributed by atoms with Gasteiger partial charge in [0.25, 0.3) is 0 Å². The Labute approximate surface area is 106 Å². The highest BCUT2D eigenvalue weighted by Crippen LogP contribution is 2.24. The van der Waals surface area contributed by atoms with E-state index in [-0.39, 0.29) is 5.56 Å². The highest BCUT2D eigenvalue weighted by Gasteiger charge is 2.08. The third-order valence-corrected chi connectivity index (χ3v) is 2.83. The minimum Gasteiger partial charge on any atom is -0.478 e. The van der Waals surface area contributed by atoms with E-state index in [4.69, 9.17) is 5.11 Å². The Morgan fingerprint density at radius 3 is 2.78 bits per heavy atom. The molecule has 3 heteroatoms. The van der Waals surface area contributed by atoms with Gasteiger partial charge in [0.2, 0.25) is 0 Å². The largest absolute Gasteiger partial charge is 0.478 e. The van der Waals surface area contributed by atoms with Crippen molar-refractivity contribution < 1.29 is 9.90 Å². The normalized spacial score (nSPS) is 10.3. The highest BCUT2D eigenvalue weighted by molar-refractivity contribution is 5.89. The molecular weight excluding hydrogens is 226 g/mol. The zero-order valence-corrected chi connectivity index (χ0v) is 10.3. The number of aromatic carboxylic acids is 1. The number of carboxylic acid groups (broad SMARTS) is 1. The Morgan fingerprint density at radius 1 is 1.28 bits per heavy atom. The molecule has 3 nitrogen and oxygen atoms in total. The number of benzene rings is 1. The van der Waals surface area contributed by atoms with Crippen LogP contribution in [0.25, 0.3) is 11.1 Å². The number of rotatable bonds is 4. The van der Waals surface area contributed by atoms with Crippen LogP contribution in [0.4, 0.5) is 0 Å². The average molecular weight is 241 g/mol. The summed E-state index contributed by atoms with van der Waals surface area (Å²) in [6, 6.07) is 9.72. The van der Waals surface area contributed by atoms with Gasteiger partial charge in [0, 0.05) is 18.0 Å². The minimum atomic E-state index is -0.947. The van der Waals surface area contributed by atoms with Gasteiger partial charge >= 0.3 is 5.97 Å². The van der Waals surface area contributed by atoms with Crippen LogP contribution in [0.5, 0.6) is 0 Å². The third-order valence-electron chi connectivity index (χ3n) is 2.83. The van der Waals surface area contributed by atoms with Crippen molar-refractivity contribution >= 4 is 5.97 Å². The Balaban J connectivity index is 2.48. The second kappa shape index (κ2) is 5.45. The first-order valence-corrected chi connectivity index (χ1v) is 5.99. The number of pyridine rings is 1. The van der Waals surface area contributed by atoms with Crippen LogP contribution in [0.3, 0.4) is 0 Å². The fourth-order valence-corrected chi connectivity index (χ4v) is 1.99. The molecule has 2 aromatic rings. The number of aromatic nitrogens is 1. The van der Waals surface area contributed by atoms with Crippen LogP contribution in [0.15, 0.2) is 42.7 Å². The van der Waals surface area contributed by atoms with E-state index in [2.05, 4.69) is 18.0 Å². The summed E-state index contributed by atoms with van der Waals surface area (Å²) in [4.78, 5) is 15.0. The van der Waals surface area contributed by atoms with Crippen LogP contribution in [0.1, 0.15) is 29.3 Å². The summed E-state index contributed by atoms with van der Waals surface area (Å²) in [6.07, 6.45) is 5.12. The zero-order chi connectivity index (χ0) is 13.0. The fourth-order valence-electron chi connectivity index (χ4n) is 1.99. The smallest absolute Gasteiger partial charge is 0.337 e. The summed E-state index contributed by atoms with van der Waals surface area (Å²) >= 11 is 0. The minimum absolute atomic E-state index is 0.221. The maximum Gasteiger partial charge on any atom is 0.337 e. The molecule has 0 saturated carbocycles. The average Bonchev–Trinajstić information content (AvgIpc) is 2.40. The lowest BCUT2D eigenvalue weighted by Gasteiger charge is -2.08. The molecule has 1 aromatic heterocycles. The molecule has 0 saturated heterocycles. The molecule has 2 rings (SSSR count). The summed E-state index contributed by atoms with van der Waals surface area (Å²) in [5, 5.41) is 8.99.